The summed E-state index contributed by atoms with van der Waals surface area (Å²) in [5, 5.41) is 0.695. The van der Waals surface area contributed by atoms with Gasteiger partial charge in [-0.1, -0.05) is 29.8 Å². The topological polar surface area (TPSA) is 38.7 Å². The molecule has 0 aliphatic rings. The second-order valence-electron chi connectivity index (χ2n) is 4.26. The summed E-state index contributed by atoms with van der Waals surface area (Å²) in [5.41, 5.74) is 3.19. The molecule has 2 aromatic rings. The molecule has 0 aliphatic carbocycles. The van der Waals surface area contributed by atoms with Crippen molar-refractivity contribution in [1.29, 1.82) is 0 Å². The molecule has 102 valence electrons. The Balaban J connectivity index is 2.19. The van der Waals surface area contributed by atoms with Crippen molar-refractivity contribution in [3.05, 3.63) is 64.2 Å². The lowest BCUT2D eigenvalue weighted by Crippen LogP contribution is -2.00. The van der Waals surface area contributed by atoms with E-state index in [0.717, 1.165) is 16.8 Å². The molecule has 20 heavy (non-hydrogen) atoms. The molecule has 0 spiro atoms. The van der Waals surface area contributed by atoms with E-state index in [9.17, 15) is 4.79 Å². The number of carbonyl (C=O) groups is 1. The van der Waals surface area contributed by atoms with Gasteiger partial charge in [0.2, 0.25) is 0 Å². The summed E-state index contributed by atoms with van der Waals surface area (Å²) in [7, 11) is 1.36. The second-order valence-corrected chi connectivity index (χ2v) is 4.66. The number of aliphatic imine (C=N–C) groups is 1. The van der Waals surface area contributed by atoms with E-state index in [2.05, 4.69) is 9.73 Å². The van der Waals surface area contributed by atoms with Crippen LogP contribution >= 0.6 is 11.6 Å². The number of hydrogen-bond acceptors (Lipinski definition) is 3. The highest BCUT2D eigenvalue weighted by atomic mass is 35.5. The van der Waals surface area contributed by atoms with Gasteiger partial charge >= 0.3 is 5.97 Å². The van der Waals surface area contributed by atoms with Crippen molar-refractivity contribution < 1.29 is 9.53 Å². The predicted octanol–water partition coefficient (Wildman–Crippen LogP) is 4.19. The summed E-state index contributed by atoms with van der Waals surface area (Å²) >= 11 is 6.04. The third kappa shape index (κ3) is 3.25. The minimum Gasteiger partial charge on any atom is -0.465 e. The van der Waals surface area contributed by atoms with Crippen LogP contribution in [-0.2, 0) is 4.74 Å². The molecule has 4 heteroatoms. The normalized spacial score (nSPS) is 10.8. The Kier molecular flexibility index (Phi) is 4.53. The lowest BCUT2D eigenvalue weighted by Gasteiger charge is -2.02. The number of nitrogens with zero attached hydrogens (tertiary/aromatic N) is 1. The molecule has 0 saturated heterocycles. The van der Waals surface area contributed by atoms with Gasteiger partial charge in [-0.2, -0.15) is 0 Å². The van der Waals surface area contributed by atoms with Crippen LogP contribution in [0.1, 0.15) is 21.5 Å². The molecule has 0 bridgehead atoms. The zero-order valence-corrected chi connectivity index (χ0v) is 12.0. The van der Waals surface area contributed by atoms with Crippen LogP contribution in [0.5, 0.6) is 0 Å². The molecule has 0 N–H and O–H groups in total. The van der Waals surface area contributed by atoms with Gasteiger partial charge in [-0.3, -0.25) is 4.99 Å². The number of methoxy groups -OCH3 is 1. The molecule has 0 unspecified atom stereocenters. The molecule has 2 aromatic carbocycles. The maximum Gasteiger partial charge on any atom is 0.337 e. The zero-order chi connectivity index (χ0) is 14.5. The summed E-state index contributed by atoms with van der Waals surface area (Å²) in [6.07, 6.45) is 1.74. The first-order valence-corrected chi connectivity index (χ1v) is 6.47. The minimum atomic E-state index is -0.348. The molecule has 3 nitrogen and oxygen atoms in total. The molecule has 2 rings (SSSR count). The summed E-state index contributed by atoms with van der Waals surface area (Å²) < 4.78 is 4.65. The smallest absolute Gasteiger partial charge is 0.337 e. The Bertz CT molecular complexity index is 648. The number of benzene rings is 2. The lowest BCUT2D eigenvalue weighted by molar-refractivity contribution is 0.0601. The van der Waals surface area contributed by atoms with E-state index in [-0.39, 0.29) is 5.97 Å². The monoisotopic (exact) mass is 287 g/mol. The first kappa shape index (κ1) is 14.3. The van der Waals surface area contributed by atoms with Gasteiger partial charge in [0.1, 0.15) is 0 Å². The molecule has 0 fully saturated rings. The maximum atomic E-state index is 11.3. The third-order valence-corrected chi connectivity index (χ3v) is 3.33. The average molecular weight is 288 g/mol. The van der Waals surface area contributed by atoms with Crippen molar-refractivity contribution >= 4 is 29.5 Å². The fourth-order valence-electron chi connectivity index (χ4n) is 1.70. The van der Waals surface area contributed by atoms with Crippen molar-refractivity contribution in [2.24, 2.45) is 4.99 Å². The van der Waals surface area contributed by atoms with Crippen LogP contribution in [0.15, 0.2) is 47.5 Å². The Labute approximate surface area is 122 Å². The summed E-state index contributed by atoms with van der Waals surface area (Å²) in [4.78, 5) is 15.7. The fourth-order valence-corrected chi connectivity index (χ4v) is 1.87. The van der Waals surface area contributed by atoms with Crippen molar-refractivity contribution in [2.45, 2.75) is 6.92 Å². The Hall–Kier alpha value is -2.13. The highest BCUT2D eigenvalue weighted by Crippen LogP contribution is 2.25. The van der Waals surface area contributed by atoms with Gasteiger partial charge in [0.15, 0.2) is 0 Å². The van der Waals surface area contributed by atoms with Crippen LogP contribution in [0.25, 0.3) is 0 Å². The third-order valence-electron chi connectivity index (χ3n) is 2.92. The Morgan fingerprint density at radius 3 is 2.55 bits per heavy atom. The van der Waals surface area contributed by atoms with Crippen LogP contribution in [0, 0.1) is 6.92 Å². The summed E-state index contributed by atoms with van der Waals surface area (Å²) in [6, 6.07) is 12.6. The SMILES string of the molecule is COC(=O)c1ccc(C=Nc2cccc(Cl)c2C)cc1. The number of ether oxygens (including phenoxy) is 1. The highest BCUT2D eigenvalue weighted by Gasteiger charge is 2.03. The van der Waals surface area contributed by atoms with Crippen LogP contribution in [-0.4, -0.2) is 19.3 Å². The van der Waals surface area contributed by atoms with Gasteiger partial charge in [0.25, 0.3) is 0 Å². The van der Waals surface area contributed by atoms with Gasteiger partial charge in [-0.25, -0.2) is 4.79 Å². The number of carbonyl (C=O) groups excluding carboxylic acids is 1. The lowest BCUT2D eigenvalue weighted by atomic mass is 10.1. The molecular formula is C16H14ClNO2. The van der Waals surface area contributed by atoms with E-state index in [4.69, 9.17) is 11.6 Å². The maximum absolute atomic E-state index is 11.3. The van der Waals surface area contributed by atoms with E-state index in [1.165, 1.54) is 7.11 Å². The molecule has 0 saturated carbocycles. The largest absolute Gasteiger partial charge is 0.465 e. The number of esters is 1. The average Bonchev–Trinajstić information content (AvgIpc) is 2.48. The molecule has 0 amide bonds. The fraction of sp³-hybridized carbons (Fsp3) is 0.125. The van der Waals surface area contributed by atoms with Gasteiger partial charge in [0.05, 0.1) is 18.4 Å². The minimum absolute atomic E-state index is 0.348. The number of halogens is 1. The molecule has 0 atom stereocenters. The van der Waals surface area contributed by atoms with E-state index in [0.29, 0.717) is 10.6 Å². The Morgan fingerprint density at radius 1 is 1.20 bits per heavy atom. The first-order chi connectivity index (χ1) is 9.61. The van der Waals surface area contributed by atoms with Gasteiger partial charge < -0.3 is 4.74 Å². The van der Waals surface area contributed by atoms with Crippen molar-refractivity contribution in [1.82, 2.24) is 0 Å². The van der Waals surface area contributed by atoms with Crippen LogP contribution < -0.4 is 0 Å². The molecule has 0 aliphatic heterocycles. The van der Waals surface area contributed by atoms with Crippen LogP contribution in [0.4, 0.5) is 5.69 Å². The van der Waals surface area contributed by atoms with Gasteiger partial charge in [0, 0.05) is 11.2 Å². The quantitative estimate of drug-likeness (QED) is 0.627. The van der Waals surface area contributed by atoms with Gasteiger partial charge in [-0.15, -0.1) is 0 Å². The van der Waals surface area contributed by atoms with E-state index >= 15 is 0 Å². The van der Waals surface area contributed by atoms with Gasteiger partial charge in [-0.05, 0) is 42.3 Å². The molecule has 0 aromatic heterocycles. The highest BCUT2D eigenvalue weighted by molar-refractivity contribution is 6.31. The summed E-state index contributed by atoms with van der Waals surface area (Å²) in [5.74, 6) is -0.348. The zero-order valence-electron chi connectivity index (χ0n) is 11.3. The molecule has 0 heterocycles. The second kappa shape index (κ2) is 6.35. The first-order valence-electron chi connectivity index (χ1n) is 6.09. The van der Waals surface area contributed by atoms with Crippen LogP contribution in [0.3, 0.4) is 0 Å². The predicted molar refractivity (Wildman–Crippen MR) is 81.2 cm³/mol. The van der Waals surface area contributed by atoms with Crippen LogP contribution in [0.2, 0.25) is 5.02 Å². The van der Waals surface area contributed by atoms with E-state index < -0.39 is 0 Å². The van der Waals surface area contributed by atoms with E-state index in [1.807, 2.05) is 37.3 Å². The summed E-state index contributed by atoms with van der Waals surface area (Å²) in [6.45, 7) is 1.93. The number of rotatable bonds is 3. The van der Waals surface area contributed by atoms with Crippen molar-refractivity contribution in [3.63, 3.8) is 0 Å². The van der Waals surface area contributed by atoms with Crippen molar-refractivity contribution in [3.8, 4) is 0 Å². The van der Waals surface area contributed by atoms with Crippen molar-refractivity contribution in [2.75, 3.05) is 7.11 Å². The number of hydrogen-bond donors (Lipinski definition) is 0. The Morgan fingerprint density at radius 2 is 1.90 bits per heavy atom. The van der Waals surface area contributed by atoms with E-state index in [1.54, 1.807) is 18.3 Å². The molecular weight excluding hydrogens is 274 g/mol. The molecule has 0 radical (unpaired) electrons. The standard InChI is InChI=1S/C16H14ClNO2/c1-11-14(17)4-3-5-15(11)18-10-12-6-8-13(9-7-12)16(19)20-2/h3-10H,1-2H3.